The van der Waals surface area contributed by atoms with Crippen LogP contribution in [-0.4, -0.2) is 58.1 Å². The molecule has 1 saturated heterocycles. The summed E-state index contributed by atoms with van der Waals surface area (Å²) in [6.45, 7) is 6.44. The molecule has 31 heavy (non-hydrogen) atoms. The number of rotatable bonds is 4. The molecule has 2 aliphatic rings. The van der Waals surface area contributed by atoms with E-state index in [-0.39, 0.29) is 12.2 Å². The van der Waals surface area contributed by atoms with Crippen LogP contribution in [0.3, 0.4) is 0 Å². The van der Waals surface area contributed by atoms with E-state index >= 15 is 0 Å². The molecule has 0 saturated carbocycles. The molecule has 158 valence electrons. The van der Waals surface area contributed by atoms with Gasteiger partial charge < -0.3 is 14.4 Å². The highest BCUT2D eigenvalue weighted by Crippen LogP contribution is 2.28. The lowest BCUT2D eigenvalue weighted by atomic mass is 9.99. The number of hydrogen-bond donors (Lipinski definition) is 0. The number of anilines is 1. The van der Waals surface area contributed by atoms with Crippen LogP contribution in [0.4, 0.5) is 5.82 Å². The number of ether oxygens (including phenoxy) is 2. The van der Waals surface area contributed by atoms with Gasteiger partial charge in [0.2, 0.25) is 5.88 Å². The van der Waals surface area contributed by atoms with Gasteiger partial charge in [-0.1, -0.05) is 12.1 Å². The SMILES string of the molecule is COc1cnc(-c2ccc3c(c2)C(c2cc(N4C[C@@H](C)O[C@@H](C)C4)ncn2)=NC3)cn1. The quantitative estimate of drug-likeness (QED) is 0.646. The van der Waals surface area contributed by atoms with Crippen molar-refractivity contribution in [1.29, 1.82) is 0 Å². The molecule has 3 aromatic rings. The van der Waals surface area contributed by atoms with Crippen molar-refractivity contribution in [3.63, 3.8) is 0 Å². The Morgan fingerprint density at radius 3 is 2.55 bits per heavy atom. The first-order valence-electron chi connectivity index (χ1n) is 10.4. The Bertz CT molecular complexity index is 1120. The van der Waals surface area contributed by atoms with Gasteiger partial charge in [0.1, 0.15) is 12.1 Å². The molecule has 0 radical (unpaired) electrons. The Hall–Kier alpha value is -3.39. The second-order valence-corrected chi connectivity index (χ2v) is 7.90. The molecule has 0 bridgehead atoms. The zero-order valence-corrected chi connectivity index (χ0v) is 17.8. The predicted octanol–water partition coefficient (Wildman–Crippen LogP) is 2.91. The lowest BCUT2D eigenvalue weighted by molar-refractivity contribution is -0.00546. The van der Waals surface area contributed by atoms with Crippen LogP contribution in [0, 0.1) is 0 Å². The lowest BCUT2D eigenvalue weighted by Gasteiger charge is -2.36. The average Bonchev–Trinajstić information content (AvgIpc) is 3.22. The number of aliphatic imine (C=N–C) groups is 1. The van der Waals surface area contributed by atoms with E-state index in [1.165, 1.54) is 5.56 Å². The Kier molecular flexibility index (Phi) is 5.07. The van der Waals surface area contributed by atoms with E-state index in [1.54, 1.807) is 25.8 Å². The maximum absolute atomic E-state index is 5.86. The fourth-order valence-corrected chi connectivity index (χ4v) is 4.15. The van der Waals surface area contributed by atoms with Gasteiger partial charge in [0.25, 0.3) is 0 Å². The van der Waals surface area contributed by atoms with Crippen molar-refractivity contribution in [3.8, 4) is 17.1 Å². The molecule has 5 rings (SSSR count). The van der Waals surface area contributed by atoms with Gasteiger partial charge in [0.15, 0.2) is 0 Å². The first-order chi connectivity index (χ1) is 15.1. The maximum Gasteiger partial charge on any atom is 0.232 e. The summed E-state index contributed by atoms with van der Waals surface area (Å²) >= 11 is 0. The van der Waals surface area contributed by atoms with Crippen molar-refractivity contribution in [3.05, 3.63) is 59.8 Å². The lowest BCUT2D eigenvalue weighted by Crippen LogP contribution is -2.45. The summed E-state index contributed by atoms with van der Waals surface area (Å²) in [5.74, 6) is 1.40. The molecule has 0 aliphatic carbocycles. The molecule has 2 aliphatic heterocycles. The van der Waals surface area contributed by atoms with E-state index in [2.05, 4.69) is 56.9 Å². The van der Waals surface area contributed by atoms with Crippen LogP contribution >= 0.6 is 0 Å². The standard InChI is InChI=1S/C23H24N6O2/c1-14-11-29(12-15(2)31-14)21-7-19(27-13-28-21)23-18-6-16(4-5-17(18)8-26-23)20-9-25-22(30-3)10-24-20/h4-7,9-10,13-15H,8,11-12H2,1-3H3/t14-,15+. The molecule has 2 atom stereocenters. The Labute approximate surface area is 181 Å². The summed E-state index contributed by atoms with van der Waals surface area (Å²) < 4.78 is 11.0. The molecule has 1 aromatic carbocycles. The minimum atomic E-state index is 0.167. The molecule has 1 fully saturated rings. The molecule has 8 nitrogen and oxygen atoms in total. The van der Waals surface area contributed by atoms with Crippen LogP contribution in [0.25, 0.3) is 11.3 Å². The van der Waals surface area contributed by atoms with Crippen molar-refractivity contribution in [2.75, 3.05) is 25.1 Å². The van der Waals surface area contributed by atoms with Crippen LogP contribution in [0.2, 0.25) is 0 Å². The number of hydrogen-bond acceptors (Lipinski definition) is 8. The van der Waals surface area contributed by atoms with Crippen molar-refractivity contribution in [2.45, 2.75) is 32.6 Å². The van der Waals surface area contributed by atoms with Gasteiger partial charge in [-0.2, -0.15) is 0 Å². The van der Waals surface area contributed by atoms with Crippen LogP contribution in [-0.2, 0) is 11.3 Å². The van der Waals surface area contributed by atoms with Gasteiger partial charge in [0, 0.05) is 30.3 Å². The van der Waals surface area contributed by atoms with E-state index in [1.807, 2.05) is 6.07 Å². The summed E-state index contributed by atoms with van der Waals surface area (Å²) in [6, 6.07) is 8.28. The highest BCUT2D eigenvalue weighted by Gasteiger charge is 2.25. The summed E-state index contributed by atoms with van der Waals surface area (Å²) in [5, 5.41) is 0. The van der Waals surface area contributed by atoms with Gasteiger partial charge in [-0.05, 0) is 25.5 Å². The maximum atomic E-state index is 5.86. The van der Waals surface area contributed by atoms with Gasteiger partial charge in [-0.15, -0.1) is 0 Å². The largest absolute Gasteiger partial charge is 0.480 e. The number of methoxy groups -OCH3 is 1. The molecular weight excluding hydrogens is 392 g/mol. The predicted molar refractivity (Wildman–Crippen MR) is 118 cm³/mol. The fourth-order valence-electron chi connectivity index (χ4n) is 4.15. The number of aromatic nitrogens is 4. The third-order valence-electron chi connectivity index (χ3n) is 5.54. The van der Waals surface area contributed by atoms with Gasteiger partial charge in [-0.25, -0.2) is 19.9 Å². The molecule has 0 N–H and O–H groups in total. The van der Waals surface area contributed by atoms with Crippen LogP contribution in [0.15, 0.2) is 48.0 Å². The van der Waals surface area contributed by atoms with Gasteiger partial charge >= 0.3 is 0 Å². The minimum Gasteiger partial charge on any atom is -0.480 e. The van der Waals surface area contributed by atoms with E-state index in [0.717, 1.165) is 47.1 Å². The average molecular weight is 416 g/mol. The van der Waals surface area contributed by atoms with Gasteiger partial charge in [-0.3, -0.25) is 4.99 Å². The molecule has 4 heterocycles. The second-order valence-electron chi connectivity index (χ2n) is 7.90. The third kappa shape index (κ3) is 3.86. The number of morpholine rings is 1. The first-order valence-corrected chi connectivity index (χ1v) is 10.4. The highest BCUT2D eigenvalue weighted by molar-refractivity contribution is 6.14. The zero-order chi connectivity index (χ0) is 21.4. The monoisotopic (exact) mass is 416 g/mol. The Morgan fingerprint density at radius 2 is 1.81 bits per heavy atom. The number of nitrogens with zero attached hydrogens (tertiary/aromatic N) is 6. The molecule has 0 amide bonds. The molecule has 0 unspecified atom stereocenters. The topological polar surface area (TPSA) is 85.6 Å². The van der Waals surface area contributed by atoms with Crippen molar-refractivity contribution in [1.82, 2.24) is 19.9 Å². The van der Waals surface area contributed by atoms with Crippen molar-refractivity contribution >= 4 is 11.5 Å². The first kappa shape index (κ1) is 19.6. The van der Waals surface area contributed by atoms with E-state index < -0.39 is 0 Å². The minimum absolute atomic E-state index is 0.167. The molecular formula is C23H24N6O2. The number of benzene rings is 1. The number of fused-ring (bicyclic) bond motifs is 1. The molecule has 0 spiro atoms. The van der Waals surface area contributed by atoms with E-state index in [0.29, 0.717) is 12.4 Å². The molecule has 8 heteroatoms. The van der Waals surface area contributed by atoms with E-state index in [4.69, 9.17) is 14.5 Å². The zero-order valence-electron chi connectivity index (χ0n) is 17.8. The van der Waals surface area contributed by atoms with Crippen molar-refractivity contribution in [2.24, 2.45) is 4.99 Å². The Morgan fingerprint density at radius 1 is 0.968 bits per heavy atom. The summed E-state index contributed by atoms with van der Waals surface area (Å²) in [5.41, 5.74) is 5.73. The second kappa shape index (κ2) is 8.03. The summed E-state index contributed by atoms with van der Waals surface area (Å²) in [7, 11) is 1.58. The normalized spacial score (nSPS) is 20.4. The van der Waals surface area contributed by atoms with E-state index in [9.17, 15) is 0 Å². The van der Waals surface area contributed by atoms with Gasteiger partial charge in [0.05, 0.1) is 55.4 Å². The third-order valence-corrected chi connectivity index (χ3v) is 5.54. The Balaban J connectivity index is 1.46. The van der Waals surface area contributed by atoms with Crippen molar-refractivity contribution < 1.29 is 9.47 Å². The summed E-state index contributed by atoms with van der Waals surface area (Å²) in [6.07, 6.45) is 5.29. The van der Waals surface area contributed by atoms with Crippen LogP contribution in [0.1, 0.15) is 30.7 Å². The molecule has 2 aromatic heterocycles. The fraction of sp³-hybridized carbons (Fsp3) is 0.348. The summed E-state index contributed by atoms with van der Waals surface area (Å²) in [4.78, 5) is 24.8. The smallest absolute Gasteiger partial charge is 0.232 e. The highest BCUT2D eigenvalue weighted by atomic mass is 16.5. The van der Waals surface area contributed by atoms with Crippen LogP contribution < -0.4 is 9.64 Å². The van der Waals surface area contributed by atoms with Crippen LogP contribution in [0.5, 0.6) is 5.88 Å².